The number of alkyl halides is 3. The Balaban J connectivity index is 2.08. The van der Waals surface area contributed by atoms with Crippen LogP contribution in [-0.4, -0.2) is 19.3 Å². The Kier molecular flexibility index (Phi) is 3.46. The van der Waals surface area contributed by atoms with E-state index < -0.39 is 12.1 Å². The van der Waals surface area contributed by atoms with Crippen molar-refractivity contribution in [2.75, 3.05) is 13.1 Å². The molecule has 0 amide bonds. The molecule has 0 aromatic rings. The average Bonchev–Trinajstić information content (AvgIpc) is 2.70. The molecule has 1 nitrogen and oxygen atoms in total. The monoisotopic (exact) mass is 263 g/mol. The predicted molar refractivity (Wildman–Crippen MR) is 66.3 cm³/mol. The topological polar surface area (TPSA) is 12.0 Å². The average molecular weight is 263 g/mol. The van der Waals surface area contributed by atoms with Crippen molar-refractivity contribution in [2.24, 2.45) is 22.7 Å². The minimum atomic E-state index is -4.01. The molecule has 4 heteroatoms. The molecular formula is C14H24F3N. The lowest BCUT2D eigenvalue weighted by atomic mass is 9.74. The van der Waals surface area contributed by atoms with Crippen molar-refractivity contribution in [2.45, 2.75) is 52.6 Å². The number of hydrogen-bond acceptors (Lipinski definition) is 1. The molecule has 3 unspecified atom stereocenters. The minimum Gasteiger partial charge on any atom is -0.317 e. The molecule has 0 heterocycles. The number of nitrogens with one attached hydrogen (secondary N) is 1. The van der Waals surface area contributed by atoms with E-state index in [4.69, 9.17) is 0 Å². The quantitative estimate of drug-likeness (QED) is 0.811. The molecule has 0 aromatic heterocycles. The first-order valence-corrected chi connectivity index (χ1v) is 7.03. The van der Waals surface area contributed by atoms with Crippen molar-refractivity contribution in [1.29, 1.82) is 0 Å². The summed E-state index contributed by atoms with van der Waals surface area (Å²) in [5, 5.41) is 3.31. The van der Waals surface area contributed by atoms with Crippen LogP contribution in [0.15, 0.2) is 0 Å². The molecule has 2 aliphatic carbocycles. The summed E-state index contributed by atoms with van der Waals surface area (Å²) in [6.07, 6.45) is -1.62. The maximum atomic E-state index is 12.9. The van der Waals surface area contributed by atoms with Gasteiger partial charge in [0.15, 0.2) is 0 Å². The van der Waals surface area contributed by atoms with Gasteiger partial charge < -0.3 is 5.32 Å². The lowest BCUT2D eigenvalue weighted by Gasteiger charge is -2.33. The summed E-state index contributed by atoms with van der Waals surface area (Å²) < 4.78 is 38.8. The highest BCUT2D eigenvalue weighted by Crippen LogP contribution is 2.75. The summed E-state index contributed by atoms with van der Waals surface area (Å²) in [5.74, 6) is -0.660. The van der Waals surface area contributed by atoms with E-state index >= 15 is 0 Å². The Morgan fingerprint density at radius 2 is 1.94 bits per heavy atom. The van der Waals surface area contributed by atoms with Crippen molar-refractivity contribution >= 4 is 0 Å². The molecule has 106 valence electrons. The first-order valence-electron chi connectivity index (χ1n) is 7.03. The third-order valence-corrected chi connectivity index (χ3v) is 5.59. The van der Waals surface area contributed by atoms with E-state index in [-0.39, 0.29) is 10.8 Å². The molecule has 1 N–H and O–H groups in total. The van der Waals surface area contributed by atoms with Gasteiger partial charge in [-0.25, -0.2) is 0 Å². The van der Waals surface area contributed by atoms with Gasteiger partial charge in [-0.1, -0.05) is 27.2 Å². The smallest absolute Gasteiger partial charge is 0.317 e. The van der Waals surface area contributed by atoms with E-state index in [9.17, 15) is 13.2 Å². The molecule has 2 rings (SSSR count). The standard InChI is InChI=1S/C14H24F3N/c1-4-18-9-11-12(2,3)13(11)7-5-6-10(8-13)14(15,16)17/h10-11,18H,4-9H2,1-3H3. The molecule has 0 aliphatic heterocycles. The first kappa shape index (κ1) is 14.2. The molecule has 0 saturated heterocycles. The van der Waals surface area contributed by atoms with E-state index in [2.05, 4.69) is 19.2 Å². The molecular weight excluding hydrogens is 239 g/mol. The summed E-state index contributed by atoms with van der Waals surface area (Å²) in [7, 11) is 0. The maximum Gasteiger partial charge on any atom is 0.391 e. The Morgan fingerprint density at radius 3 is 2.50 bits per heavy atom. The zero-order valence-electron chi connectivity index (χ0n) is 11.5. The summed E-state index contributed by atoms with van der Waals surface area (Å²) in [5.41, 5.74) is 0.00664. The van der Waals surface area contributed by atoms with Gasteiger partial charge in [-0.2, -0.15) is 13.2 Å². The van der Waals surface area contributed by atoms with Crippen LogP contribution in [0.1, 0.15) is 46.5 Å². The maximum absolute atomic E-state index is 12.9. The molecule has 0 aromatic carbocycles. The van der Waals surface area contributed by atoms with Crippen LogP contribution >= 0.6 is 0 Å². The van der Waals surface area contributed by atoms with Crippen LogP contribution in [0, 0.1) is 22.7 Å². The minimum absolute atomic E-state index is 0.0619. The fourth-order valence-corrected chi connectivity index (χ4v) is 4.29. The van der Waals surface area contributed by atoms with Gasteiger partial charge in [0.25, 0.3) is 0 Å². The molecule has 2 fully saturated rings. The van der Waals surface area contributed by atoms with Gasteiger partial charge in [-0.15, -0.1) is 0 Å². The predicted octanol–water partition coefficient (Wildman–Crippen LogP) is 3.99. The van der Waals surface area contributed by atoms with E-state index in [1.54, 1.807) is 0 Å². The molecule has 0 bridgehead atoms. The molecule has 18 heavy (non-hydrogen) atoms. The van der Waals surface area contributed by atoms with Crippen molar-refractivity contribution < 1.29 is 13.2 Å². The Labute approximate surface area is 108 Å². The van der Waals surface area contributed by atoms with Gasteiger partial charge in [0.2, 0.25) is 0 Å². The highest BCUT2D eigenvalue weighted by molar-refractivity contribution is 5.19. The third-order valence-electron chi connectivity index (χ3n) is 5.59. The van der Waals surface area contributed by atoms with Crippen LogP contribution in [0.2, 0.25) is 0 Å². The molecule has 3 atom stereocenters. The SMILES string of the molecule is CCNCC1C(C)(C)C12CCCC(C(F)(F)F)C2. The highest BCUT2D eigenvalue weighted by Gasteiger charge is 2.71. The number of halogens is 3. The van der Waals surface area contributed by atoms with E-state index in [0.717, 1.165) is 25.9 Å². The second-order valence-corrected chi connectivity index (χ2v) is 6.57. The van der Waals surface area contributed by atoms with Gasteiger partial charge in [-0.3, -0.25) is 0 Å². The van der Waals surface area contributed by atoms with Crippen LogP contribution in [0.3, 0.4) is 0 Å². The summed E-state index contributed by atoms with van der Waals surface area (Å²) in [4.78, 5) is 0. The fourth-order valence-electron chi connectivity index (χ4n) is 4.29. The first-order chi connectivity index (χ1) is 8.25. The number of rotatable bonds is 3. The van der Waals surface area contributed by atoms with Gasteiger partial charge >= 0.3 is 6.18 Å². The Bertz CT molecular complexity index is 311. The normalized spacial score (nSPS) is 39.0. The second kappa shape index (κ2) is 4.39. The van der Waals surface area contributed by atoms with Crippen molar-refractivity contribution in [3.63, 3.8) is 0 Å². The van der Waals surface area contributed by atoms with E-state index in [1.165, 1.54) is 0 Å². The summed E-state index contributed by atoms with van der Waals surface area (Å²) >= 11 is 0. The van der Waals surface area contributed by atoms with Crippen LogP contribution in [0.25, 0.3) is 0 Å². The van der Waals surface area contributed by atoms with Gasteiger partial charge in [0.05, 0.1) is 5.92 Å². The Hall–Kier alpha value is -0.250. The summed E-state index contributed by atoms with van der Waals surface area (Å²) in [6, 6.07) is 0. The highest BCUT2D eigenvalue weighted by atomic mass is 19.4. The second-order valence-electron chi connectivity index (χ2n) is 6.57. The zero-order chi connectivity index (χ0) is 13.6. The molecule has 1 spiro atoms. The van der Waals surface area contributed by atoms with Crippen LogP contribution < -0.4 is 5.32 Å². The van der Waals surface area contributed by atoms with E-state index in [0.29, 0.717) is 18.8 Å². The molecule has 2 saturated carbocycles. The largest absolute Gasteiger partial charge is 0.391 e. The van der Waals surface area contributed by atoms with Gasteiger partial charge in [0, 0.05) is 0 Å². The van der Waals surface area contributed by atoms with Crippen molar-refractivity contribution in [3.05, 3.63) is 0 Å². The van der Waals surface area contributed by atoms with Crippen molar-refractivity contribution in [1.82, 2.24) is 5.32 Å². The van der Waals surface area contributed by atoms with Crippen LogP contribution in [0.5, 0.6) is 0 Å². The zero-order valence-corrected chi connectivity index (χ0v) is 11.5. The summed E-state index contributed by atoms with van der Waals surface area (Å²) in [6.45, 7) is 8.10. The lowest BCUT2D eigenvalue weighted by Crippen LogP contribution is -2.32. The lowest BCUT2D eigenvalue weighted by molar-refractivity contribution is -0.188. The Morgan fingerprint density at radius 1 is 1.28 bits per heavy atom. The van der Waals surface area contributed by atoms with Gasteiger partial charge in [-0.05, 0) is 49.1 Å². The number of hydrogen-bond donors (Lipinski definition) is 1. The van der Waals surface area contributed by atoms with Crippen LogP contribution in [-0.2, 0) is 0 Å². The van der Waals surface area contributed by atoms with E-state index in [1.807, 2.05) is 6.92 Å². The third kappa shape index (κ3) is 2.06. The molecule has 2 aliphatic rings. The fraction of sp³-hybridized carbons (Fsp3) is 1.00. The van der Waals surface area contributed by atoms with Gasteiger partial charge in [0.1, 0.15) is 0 Å². The molecule has 0 radical (unpaired) electrons. The van der Waals surface area contributed by atoms with Crippen LogP contribution in [0.4, 0.5) is 13.2 Å². The van der Waals surface area contributed by atoms with Crippen molar-refractivity contribution in [3.8, 4) is 0 Å².